The molecule has 3 fully saturated rings. The van der Waals surface area contributed by atoms with Gasteiger partial charge in [-0.3, -0.25) is 0 Å². The zero-order chi connectivity index (χ0) is 17.2. The summed E-state index contributed by atoms with van der Waals surface area (Å²) >= 11 is 0. The number of hydrogen-bond donors (Lipinski definition) is 3. The van der Waals surface area contributed by atoms with Crippen LogP contribution in [0.2, 0.25) is 0 Å². The maximum absolute atomic E-state index is 10.8. The van der Waals surface area contributed by atoms with Crippen molar-refractivity contribution in [2.75, 3.05) is 25.5 Å². The van der Waals surface area contributed by atoms with Crippen LogP contribution >= 0.6 is 0 Å². The lowest BCUT2D eigenvalue weighted by Gasteiger charge is -2.60. The van der Waals surface area contributed by atoms with Gasteiger partial charge in [-0.05, 0) is 50.9 Å². The Bertz CT molecular complexity index is 668. The highest BCUT2D eigenvalue weighted by Gasteiger charge is 2.65. The fourth-order valence-corrected chi connectivity index (χ4v) is 6.27. The molecule has 1 saturated carbocycles. The van der Waals surface area contributed by atoms with Crippen LogP contribution in [0.5, 0.6) is 0 Å². The molecule has 3 N–H and O–H groups in total. The van der Waals surface area contributed by atoms with Gasteiger partial charge in [-0.15, -0.1) is 0 Å². The molecule has 0 amide bonds. The second-order valence-corrected chi connectivity index (χ2v) is 8.26. The second-order valence-electron chi connectivity index (χ2n) is 8.26. The Morgan fingerprint density at radius 3 is 3.00 bits per heavy atom. The second kappa shape index (κ2) is 5.68. The maximum Gasteiger partial charge on any atom is 0.160 e. The lowest BCUT2D eigenvalue weighted by molar-refractivity contribution is -0.295. The van der Waals surface area contributed by atoms with E-state index in [2.05, 4.69) is 41.8 Å². The standard InChI is InChI=1S/C20H28N2O3/c1-11-17-12-9-16(25-19(17)23)20(7-8-21-2)14-5-3-4-6-15(14)22-18(20)13(12)10-24-11/h3-6,11-13,16-19,21-23H,7-10H2,1-2H3/t11-,12-,13-,16+,17+,18+,19+,20?/m1/s1. The Hall–Kier alpha value is -1.14. The van der Waals surface area contributed by atoms with E-state index in [1.807, 2.05) is 7.05 Å². The number of nitrogens with one attached hydrogen (secondary N) is 2. The number of ether oxygens (including phenoxy) is 2. The van der Waals surface area contributed by atoms with Gasteiger partial charge in [0, 0.05) is 29.0 Å². The Labute approximate surface area is 149 Å². The fraction of sp³-hybridized carbons (Fsp3) is 0.700. The van der Waals surface area contributed by atoms with Crippen molar-refractivity contribution >= 4 is 5.69 Å². The molecule has 5 heteroatoms. The van der Waals surface area contributed by atoms with Gasteiger partial charge in [-0.25, -0.2) is 0 Å². The molecule has 3 heterocycles. The molecule has 1 unspecified atom stereocenters. The van der Waals surface area contributed by atoms with Crippen LogP contribution < -0.4 is 10.6 Å². The minimum atomic E-state index is -0.721. The van der Waals surface area contributed by atoms with Crippen LogP contribution in [0.1, 0.15) is 25.3 Å². The summed E-state index contributed by atoms with van der Waals surface area (Å²) in [5.74, 6) is 0.968. The summed E-state index contributed by atoms with van der Waals surface area (Å²) in [7, 11) is 2.00. The molecular weight excluding hydrogens is 316 g/mol. The Kier molecular flexibility index (Phi) is 3.65. The van der Waals surface area contributed by atoms with Crippen molar-refractivity contribution in [2.45, 2.75) is 49.7 Å². The molecule has 1 aromatic rings. The van der Waals surface area contributed by atoms with Crippen molar-refractivity contribution in [2.24, 2.45) is 17.8 Å². The summed E-state index contributed by atoms with van der Waals surface area (Å²) in [5, 5.41) is 17.9. The number of rotatable bonds is 3. The average Bonchev–Trinajstić information content (AvgIpc) is 2.95. The number of aliphatic hydroxyl groups excluding tert-OH is 1. The molecule has 25 heavy (non-hydrogen) atoms. The zero-order valence-corrected chi connectivity index (χ0v) is 14.9. The largest absolute Gasteiger partial charge is 0.381 e. The zero-order valence-electron chi connectivity index (χ0n) is 14.9. The highest BCUT2D eigenvalue weighted by molar-refractivity contribution is 5.64. The number of fused-ring (bicyclic) bond motifs is 6. The third-order valence-electron chi connectivity index (χ3n) is 7.34. The molecule has 2 saturated heterocycles. The van der Waals surface area contributed by atoms with E-state index in [0.29, 0.717) is 17.9 Å². The molecule has 2 bridgehead atoms. The van der Waals surface area contributed by atoms with Gasteiger partial charge in [0.05, 0.1) is 18.8 Å². The monoisotopic (exact) mass is 344 g/mol. The van der Waals surface area contributed by atoms with Crippen LogP contribution in [0.25, 0.3) is 0 Å². The normalized spacial score (nSPS) is 46.9. The highest BCUT2D eigenvalue weighted by Crippen LogP contribution is 2.60. The molecule has 8 atom stereocenters. The molecule has 0 radical (unpaired) electrons. The van der Waals surface area contributed by atoms with Crippen LogP contribution in [-0.2, 0) is 14.9 Å². The van der Waals surface area contributed by atoms with Gasteiger partial charge in [0.1, 0.15) is 0 Å². The van der Waals surface area contributed by atoms with Gasteiger partial charge in [-0.2, -0.15) is 0 Å². The number of aliphatic hydroxyl groups is 1. The number of hydrogen-bond acceptors (Lipinski definition) is 5. The maximum atomic E-state index is 10.8. The predicted molar refractivity (Wildman–Crippen MR) is 95.5 cm³/mol. The first-order chi connectivity index (χ1) is 12.2. The lowest BCUT2D eigenvalue weighted by atomic mass is 9.53. The molecule has 1 aliphatic carbocycles. The van der Waals surface area contributed by atoms with Gasteiger partial charge < -0.3 is 25.2 Å². The summed E-state index contributed by atoms with van der Waals surface area (Å²) in [6.07, 6.45) is 1.42. The Balaban J connectivity index is 1.64. The van der Waals surface area contributed by atoms with Crippen molar-refractivity contribution < 1.29 is 14.6 Å². The molecule has 5 rings (SSSR count). The molecule has 1 aromatic carbocycles. The molecule has 3 aliphatic heterocycles. The van der Waals surface area contributed by atoms with E-state index in [4.69, 9.17) is 9.47 Å². The van der Waals surface area contributed by atoms with E-state index < -0.39 is 6.29 Å². The van der Waals surface area contributed by atoms with Gasteiger partial charge in [0.2, 0.25) is 0 Å². The molecule has 136 valence electrons. The number of anilines is 1. The number of benzene rings is 1. The first kappa shape index (κ1) is 16.1. The van der Waals surface area contributed by atoms with E-state index in [1.54, 1.807) is 0 Å². The molecule has 0 spiro atoms. The summed E-state index contributed by atoms with van der Waals surface area (Å²) < 4.78 is 12.4. The summed E-state index contributed by atoms with van der Waals surface area (Å²) in [6, 6.07) is 8.95. The van der Waals surface area contributed by atoms with Crippen molar-refractivity contribution in [1.82, 2.24) is 5.32 Å². The van der Waals surface area contributed by atoms with Crippen LogP contribution in [0.15, 0.2) is 24.3 Å². The van der Waals surface area contributed by atoms with Crippen molar-refractivity contribution in [3.8, 4) is 0 Å². The summed E-state index contributed by atoms with van der Waals surface area (Å²) in [5.41, 5.74) is 2.48. The van der Waals surface area contributed by atoms with E-state index >= 15 is 0 Å². The van der Waals surface area contributed by atoms with E-state index in [-0.39, 0.29) is 23.5 Å². The first-order valence-electron chi connectivity index (χ1n) is 9.62. The highest BCUT2D eigenvalue weighted by atomic mass is 16.6. The van der Waals surface area contributed by atoms with E-state index in [0.717, 1.165) is 26.0 Å². The third-order valence-corrected chi connectivity index (χ3v) is 7.34. The van der Waals surface area contributed by atoms with E-state index in [9.17, 15) is 5.11 Å². The SMILES string of the molecule is CNCCC12c3ccccc3N[C@H]1[C@@H]1CO[C@H](C)[C@H]3[C@@H]1C[C@@H]2O[C@@H]3O. The van der Waals surface area contributed by atoms with Gasteiger partial charge in [-0.1, -0.05) is 18.2 Å². The van der Waals surface area contributed by atoms with Crippen LogP contribution in [0, 0.1) is 17.8 Å². The van der Waals surface area contributed by atoms with Gasteiger partial charge in [0.25, 0.3) is 0 Å². The van der Waals surface area contributed by atoms with Crippen molar-refractivity contribution in [1.29, 1.82) is 0 Å². The summed E-state index contributed by atoms with van der Waals surface area (Å²) in [4.78, 5) is 0. The minimum absolute atomic E-state index is 0.0554. The van der Waals surface area contributed by atoms with Crippen LogP contribution in [0.4, 0.5) is 5.69 Å². The fourth-order valence-electron chi connectivity index (χ4n) is 6.27. The van der Waals surface area contributed by atoms with Crippen LogP contribution in [-0.4, -0.2) is 49.8 Å². The number of para-hydroxylation sites is 1. The topological polar surface area (TPSA) is 62.8 Å². The van der Waals surface area contributed by atoms with Crippen LogP contribution in [0.3, 0.4) is 0 Å². The smallest absolute Gasteiger partial charge is 0.160 e. The van der Waals surface area contributed by atoms with Crippen molar-refractivity contribution in [3.63, 3.8) is 0 Å². The molecule has 0 aromatic heterocycles. The quantitative estimate of drug-likeness (QED) is 0.779. The van der Waals surface area contributed by atoms with Crippen molar-refractivity contribution in [3.05, 3.63) is 29.8 Å². The Morgan fingerprint density at radius 1 is 1.32 bits per heavy atom. The molecule has 5 nitrogen and oxygen atoms in total. The summed E-state index contributed by atoms with van der Waals surface area (Å²) in [6.45, 7) is 3.78. The third kappa shape index (κ3) is 2.04. The van der Waals surface area contributed by atoms with Gasteiger partial charge >= 0.3 is 0 Å². The average molecular weight is 344 g/mol. The molecular formula is C20H28N2O3. The first-order valence-corrected chi connectivity index (χ1v) is 9.62. The van der Waals surface area contributed by atoms with E-state index in [1.165, 1.54) is 11.3 Å². The van der Waals surface area contributed by atoms with Gasteiger partial charge in [0.15, 0.2) is 6.29 Å². The lowest BCUT2D eigenvalue weighted by Crippen LogP contribution is -2.68. The predicted octanol–water partition coefficient (Wildman–Crippen LogP) is 1.72. The molecule has 4 aliphatic rings. The Morgan fingerprint density at radius 2 is 2.16 bits per heavy atom. The minimum Gasteiger partial charge on any atom is -0.381 e.